The summed E-state index contributed by atoms with van der Waals surface area (Å²) < 4.78 is 17.3. The summed E-state index contributed by atoms with van der Waals surface area (Å²) in [5.74, 6) is -0.450. The van der Waals surface area contributed by atoms with E-state index in [-0.39, 0.29) is 5.56 Å². The van der Waals surface area contributed by atoms with Gasteiger partial charge in [0.2, 0.25) is 6.20 Å². The first-order chi connectivity index (χ1) is 11.2. The predicted molar refractivity (Wildman–Crippen MR) is 81.1 cm³/mol. The lowest BCUT2D eigenvalue weighted by atomic mass is 10.3. The van der Waals surface area contributed by atoms with Crippen LogP contribution < -0.4 is 9.13 Å². The minimum absolute atomic E-state index is 0.231. The molecule has 6 nitrogen and oxygen atoms in total. The zero-order valence-corrected chi connectivity index (χ0v) is 12.3. The highest BCUT2D eigenvalue weighted by Crippen LogP contribution is 1.99. The van der Waals surface area contributed by atoms with Crippen molar-refractivity contribution in [3.05, 3.63) is 72.1 Å². The van der Waals surface area contributed by atoms with Crippen LogP contribution in [0.1, 0.15) is 11.1 Å². The fraction of sp³-hybridized carbons (Fsp3) is 0.125. The highest BCUT2D eigenvalue weighted by Gasteiger charge is 2.06. The van der Waals surface area contributed by atoms with Crippen LogP contribution in [0.25, 0.3) is 0 Å². The van der Waals surface area contributed by atoms with Gasteiger partial charge in [0.1, 0.15) is 0 Å². The Balaban J connectivity index is 1.90. The number of oxime groups is 2. The average molecular weight is 316 g/mol. The quantitative estimate of drug-likeness (QED) is 0.277. The van der Waals surface area contributed by atoms with Gasteiger partial charge in [-0.25, -0.2) is 4.57 Å². The highest BCUT2D eigenvalue weighted by molar-refractivity contribution is 5.79. The third-order valence-electron chi connectivity index (χ3n) is 3.12. The summed E-state index contributed by atoms with van der Waals surface area (Å²) in [4.78, 5) is 0. The Hall–Kier alpha value is -3.09. The molecule has 0 unspecified atom stereocenters. The number of halogens is 1. The minimum atomic E-state index is -0.450. The largest absolute Gasteiger partial charge is 0.411 e. The standard InChI is InChI=1S/C16H15FN4O2/c17-16-13-21(10-5-15(16)12-19-23)7-2-1-6-20-8-3-14(4-9-20)11-18-22/h1-5,8-13H,6-7H2/p+2/b2-1+. The normalized spacial score (nSPS) is 11.9. The molecule has 0 atom stereocenters. The Labute approximate surface area is 132 Å². The average Bonchev–Trinajstić information content (AvgIpc) is 2.56. The summed E-state index contributed by atoms with van der Waals surface area (Å²) >= 11 is 0. The van der Waals surface area contributed by atoms with E-state index in [9.17, 15) is 4.39 Å². The number of pyridine rings is 2. The lowest BCUT2D eigenvalue weighted by Crippen LogP contribution is -2.34. The van der Waals surface area contributed by atoms with E-state index in [0.29, 0.717) is 13.1 Å². The number of allylic oxidation sites excluding steroid dienone is 2. The molecule has 0 bridgehead atoms. The molecule has 0 saturated heterocycles. The van der Waals surface area contributed by atoms with Crippen molar-refractivity contribution < 1.29 is 23.9 Å². The molecule has 23 heavy (non-hydrogen) atoms. The maximum Gasteiger partial charge on any atom is 0.205 e. The van der Waals surface area contributed by atoms with Crippen LogP contribution in [-0.2, 0) is 13.1 Å². The van der Waals surface area contributed by atoms with Crippen LogP contribution in [0.4, 0.5) is 4.39 Å². The summed E-state index contributed by atoms with van der Waals surface area (Å²) in [6, 6.07) is 5.21. The molecule has 0 radical (unpaired) electrons. The topological polar surface area (TPSA) is 72.9 Å². The molecule has 118 valence electrons. The first-order valence-corrected chi connectivity index (χ1v) is 6.90. The van der Waals surface area contributed by atoms with Gasteiger partial charge in [0, 0.05) is 29.3 Å². The van der Waals surface area contributed by atoms with Gasteiger partial charge in [0.05, 0.1) is 12.4 Å². The van der Waals surface area contributed by atoms with Crippen LogP contribution in [0.2, 0.25) is 0 Å². The van der Waals surface area contributed by atoms with Crippen molar-refractivity contribution in [2.24, 2.45) is 10.3 Å². The third-order valence-corrected chi connectivity index (χ3v) is 3.12. The second kappa shape index (κ2) is 8.38. The van der Waals surface area contributed by atoms with Crippen LogP contribution in [-0.4, -0.2) is 22.8 Å². The molecule has 0 saturated carbocycles. The van der Waals surface area contributed by atoms with Crippen LogP contribution in [0.15, 0.2) is 65.4 Å². The third kappa shape index (κ3) is 4.99. The molecule has 0 fully saturated rings. The lowest BCUT2D eigenvalue weighted by molar-refractivity contribution is -0.691. The molecule has 0 aliphatic heterocycles. The van der Waals surface area contributed by atoms with Gasteiger partial charge in [-0.15, -0.1) is 0 Å². The van der Waals surface area contributed by atoms with Crippen molar-refractivity contribution in [3.63, 3.8) is 0 Å². The minimum Gasteiger partial charge on any atom is -0.411 e. The molecular weight excluding hydrogens is 299 g/mol. The Kier molecular flexibility index (Phi) is 5.93. The van der Waals surface area contributed by atoms with E-state index < -0.39 is 5.82 Å². The van der Waals surface area contributed by atoms with Crippen molar-refractivity contribution in [2.45, 2.75) is 13.1 Å². The maximum absolute atomic E-state index is 13.6. The van der Waals surface area contributed by atoms with Gasteiger partial charge in [0.25, 0.3) is 0 Å². The fourth-order valence-electron chi connectivity index (χ4n) is 1.94. The fourth-order valence-corrected chi connectivity index (χ4v) is 1.94. The van der Waals surface area contributed by atoms with E-state index in [0.717, 1.165) is 11.8 Å². The number of nitrogens with zero attached hydrogens (tertiary/aromatic N) is 4. The first-order valence-electron chi connectivity index (χ1n) is 6.90. The van der Waals surface area contributed by atoms with Crippen LogP contribution >= 0.6 is 0 Å². The van der Waals surface area contributed by atoms with Crippen LogP contribution in [0.3, 0.4) is 0 Å². The second-order valence-electron chi connectivity index (χ2n) is 4.73. The molecular formula is C16H17FN4O2+2. The lowest BCUT2D eigenvalue weighted by Gasteiger charge is -1.95. The molecule has 0 aliphatic carbocycles. The van der Waals surface area contributed by atoms with Gasteiger partial charge < -0.3 is 10.4 Å². The molecule has 0 amide bonds. The van der Waals surface area contributed by atoms with Gasteiger partial charge in [0.15, 0.2) is 37.5 Å². The van der Waals surface area contributed by atoms with Gasteiger partial charge in [-0.2, -0.15) is 8.96 Å². The second-order valence-corrected chi connectivity index (χ2v) is 4.73. The van der Waals surface area contributed by atoms with Crippen molar-refractivity contribution in [1.82, 2.24) is 0 Å². The zero-order chi connectivity index (χ0) is 16.5. The molecule has 7 heteroatoms. The van der Waals surface area contributed by atoms with E-state index in [1.807, 2.05) is 41.2 Å². The molecule has 0 spiro atoms. The van der Waals surface area contributed by atoms with E-state index in [2.05, 4.69) is 10.3 Å². The molecule has 0 aliphatic rings. The van der Waals surface area contributed by atoms with Crippen LogP contribution in [0.5, 0.6) is 0 Å². The number of hydrogen-bond donors (Lipinski definition) is 2. The van der Waals surface area contributed by atoms with Crippen molar-refractivity contribution in [3.8, 4) is 0 Å². The zero-order valence-electron chi connectivity index (χ0n) is 12.3. The van der Waals surface area contributed by atoms with Gasteiger partial charge >= 0.3 is 0 Å². The van der Waals surface area contributed by atoms with Gasteiger partial charge in [-0.05, 0) is 12.2 Å². The number of aromatic nitrogens is 2. The monoisotopic (exact) mass is 316 g/mol. The van der Waals surface area contributed by atoms with E-state index in [1.54, 1.807) is 16.8 Å². The highest BCUT2D eigenvalue weighted by atomic mass is 19.1. The number of hydrogen-bond acceptors (Lipinski definition) is 4. The molecule has 0 aromatic carbocycles. The van der Waals surface area contributed by atoms with Crippen molar-refractivity contribution in [2.75, 3.05) is 0 Å². The Morgan fingerprint density at radius 2 is 1.52 bits per heavy atom. The van der Waals surface area contributed by atoms with Crippen molar-refractivity contribution in [1.29, 1.82) is 0 Å². The molecule has 2 heterocycles. The summed E-state index contributed by atoms with van der Waals surface area (Å²) in [6.45, 7) is 1.21. The maximum atomic E-state index is 13.6. The Morgan fingerprint density at radius 3 is 2.13 bits per heavy atom. The number of rotatable bonds is 6. The summed E-state index contributed by atoms with van der Waals surface area (Å²) in [7, 11) is 0. The first kappa shape index (κ1) is 16.3. The van der Waals surface area contributed by atoms with E-state index >= 15 is 0 Å². The smallest absolute Gasteiger partial charge is 0.205 e. The summed E-state index contributed by atoms with van der Waals surface area (Å²) in [5, 5.41) is 22.6. The van der Waals surface area contributed by atoms with Gasteiger partial charge in [-0.1, -0.05) is 10.3 Å². The molecule has 2 aromatic rings. The Morgan fingerprint density at radius 1 is 0.913 bits per heavy atom. The predicted octanol–water partition coefficient (Wildman–Crippen LogP) is 1.27. The SMILES string of the molecule is O/N=C/c1cc[n+](C/C=C/C[n+]2ccc(/C=N/O)c(F)c2)cc1. The molecule has 2 aromatic heterocycles. The van der Waals surface area contributed by atoms with E-state index in [1.165, 1.54) is 12.4 Å². The summed E-state index contributed by atoms with van der Waals surface area (Å²) in [5.41, 5.74) is 1.04. The van der Waals surface area contributed by atoms with Crippen molar-refractivity contribution >= 4 is 12.4 Å². The molecule has 2 rings (SSSR count). The molecule has 2 N–H and O–H groups in total. The van der Waals surface area contributed by atoms with E-state index in [4.69, 9.17) is 10.4 Å². The van der Waals surface area contributed by atoms with Gasteiger partial charge in [-0.3, -0.25) is 0 Å². The Bertz CT molecular complexity index is 727. The van der Waals surface area contributed by atoms with Crippen LogP contribution in [0, 0.1) is 5.82 Å². The summed E-state index contributed by atoms with van der Waals surface area (Å²) in [6.07, 6.45) is 13.1.